The van der Waals surface area contributed by atoms with Crippen LogP contribution in [0.5, 0.6) is 0 Å². The summed E-state index contributed by atoms with van der Waals surface area (Å²) in [5, 5.41) is 81.4. The van der Waals surface area contributed by atoms with Gasteiger partial charge in [-0.05, 0) is 98.2 Å². The molecule has 7 fully saturated rings. The Morgan fingerprint density at radius 3 is 2.00 bits per heavy atom. The van der Waals surface area contributed by atoms with Gasteiger partial charge in [0, 0.05) is 24.9 Å². The second-order valence-corrected chi connectivity index (χ2v) is 20.2. The van der Waals surface area contributed by atoms with Gasteiger partial charge in [-0.1, -0.05) is 39.3 Å². The van der Waals surface area contributed by atoms with E-state index < -0.39 is 86.3 Å². The fraction of sp³-hybridized carbons (Fsp3) is 0.955. The molecule has 8 rings (SSSR count). The van der Waals surface area contributed by atoms with Crippen molar-refractivity contribution in [1.82, 2.24) is 0 Å². The summed E-state index contributed by atoms with van der Waals surface area (Å²) in [4.78, 5) is 0. The molecule has 4 aliphatic carbocycles. The number of aliphatic hydroxyl groups excluding tert-OH is 8. The topological polar surface area (TPSA) is 226 Å². The monoisotopic (exact) mass is 840 g/mol. The maximum atomic E-state index is 10.6. The van der Waals surface area contributed by atoms with Gasteiger partial charge in [0.25, 0.3) is 0 Å². The van der Waals surface area contributed by atoms with Crippen molar-refractivity contribution in [3.05, 3.63) is 11.6 Å². The summed E-state index contributed by atoms with van der Waals surface area (Å²) >= 11 is 0. The molecule has 15 nitrogen and oxygen atoms in total. The van der Waals surface area contributed by atoms with Gasteiger partial charge in [-0.3, -0.25) is 0 Å². The number of hydrogen-bond acceptors (Lipinski definition) is 15. The van der Waals surface area contributed by atoms with Gasteiger partial charge >= 0.3 is 0 Å². The number of ether oxygens (including phenoxy) is 7. The molecular formula is C44H72O15. The van der Waals surface area contributed by atoms with Crippen LogP contribution in [-0.2, 0) is 33.2 Å². The average molecular weight is 841 g/mol. The normalized spacial score (nSPS) is 52.2. The zero-order valence-electron chi connectivity index (χ0n) is 35.3. The van der Waals surface area contributed by atoms with Crippen molar-refractivity contribution in [2.45, 2.75) is 171 Å². The van der Waals surface area contributed by atoms with Gasteiger partial charge in [0.05, 0.1) is 45.2 Å². The first-order valence-electron chi connectivity index (χ1n) is 22.6. The fourth-order valence-electron chi connectivity index (χ4n) is 13.3. The van der Waals surface area contributed by atoms with E-state index in [1.54, 1.807) is 0 Å². The van der Waals surface area contributed by atoms with E-state index in [0.29, 0.717) is 48.5 Å². The summed E-state index contributed by atoms with van der Waals surface area (Å²) in [5.41, 5.74) is 1.91. The molecule has 0 aromatic rings. The van der Waals surface area contributed by atoms with Crippen molar-refractivity contribution in [1.29, 1.82) is 0 Å². The summed E-state index contributed by atoms with van der Waals surface area (Å²) < 4.78 is 42.9. The van der Waals surface area contributed by atoms with Gasteiger partial charge in [-0.25, -0.2) is 0 Å². The molecule has 1 spiro atoms. The quantitative estimate of drug-likeness (QED) is 0.130. The second-order valence-electron chi connectivity index (χ2n) is 20.2. The van der Waals surface area contributed by atoms with Gasteiger partial charge in [-0.15, -0.1) is 0 Å². The lowest BCUT2D eigenvalue weighted by molar-refractivity contribution is -0.312. The van der Waals surface area contributed by atoms with Crippen LogP contribution in [0.4, 0.5) is 0 Å². The smallest absolute Gasteiger partial charge is 0.186 e. The summed E-state index contributed by atoms with van der Waals surface area (Å²) in [6, 6.07) is 0. The molecule has 0 radical (unpaired) electrons. The molecule has 8 aliphatic rings. The molecule has 4 heterocycles. The molecule has 0 aromatic heterocycles. The van der Waals surface area contributed by atoms with Gasteiger partial charge < -0.3 is 74.0 Å². The molecule has 3 saturated carbocycles. The van der Waals surface area contributed by atoms with E-state index in [1.165, 1.54) is 24.8 Å². The highest BCUT2D eigenvalue weighted by molar-refractivity contribution is 5.26. The Morgan fingerprint density at radius 1 is 0.763 bits per heavy atom. The highest BCUT2D eigenvalue weighted by Gasteiger charge is 2.68. The third kappa shape index (κ3) is 8.02. The van der Waals surface area contributed by atoms with Crippen LogP contribution in [0.15, 0.2) is 11.6 Å². The van der Waals surface area contributed by atoms with Gasteiger partial charge in [-0.2, -0.15) is 0 Å². The largest absolute Gasteiger partial charge is 0.394 e. The average Bonchev–Trinajstić information content (AvgIpc) is 3.67. The van der Waals surface area contributed by atoms with Crippen molar-refractivity contribution in [3.63, 3.8) is 0 Å². The van der Waals surface area contributed by atoms with Crippen molar-refractivity contribution in [3.8, 4) is 0 Å². The van der Waals surface area contributed by atoms with E-state index in [9.17, 15) is 40.9 Å². The Kier molecular flexibility index (Phi) is 13.3. The SMILES string of the molecule is C[C@@H]1CC[C@@]2(OC1)O[C@H]1C[C@H]3[C@@H]4CC=C5C[C@@H](OCCC(CO[C@@H]6O[C@H](CO)[C@@H](O)[C@H](O)[C@H]6O)CO[C@@H]6O[C@H](CO)[C@@H](O)[C@H](O)[C@H]6O)CC[C@]5(C)[C@H]4CC[C@]3(C)[C@H]1[C@@H]2C. The number of aliphatic hydroxyl groups is 8. The number of allylic oxidation sites excluding steroid dienone is 1. The van der Waals surface area contributed by atoms with Gasteiger partial charge in [0.2, 0.25) is 0 Å². The summed E-state index contributed by atoms with van der Waals surface area (Å²) in [6.07, 6.45) is -1.29. The minimum absolute atomic E-state index is 0.0348. The molecule has 338 valence electrons. The van der Waals surface area contributed by atoms with E-state index in [-0.39, 0.29) is 36.3 Å². The van der Waals surface area contributed by atoms with Crippen molar-refractivity contribution in [2.75, 3.05) is 39.6 Å². The maximum Gasteiger partial charge on any atom is 0.186 e. The van der Waals surface area contributed by atoms with Crippen molar-refractivity contribution in [2.24, 2.45) is 52.3 Å². The van der Waals surface area contributed by atoms with E-state index in [1.807, 2.05) is 0 Å². The third-order valence-corrected chi connectivity index (χ3v) is 16.9. The van der Waals surface area contributed by atoms with Crippen LogP contribution in [0.25, 0.3) is 0 Å². The zero-order chi connectivity index (χ0) is 42.0. The Labute approximate surface area is 348 Å². The fourth-order valence-corrected chi connectivity index (χ4v) is 13.3. The lowest BCUT2D eigenvalue weighted by atomic mass is 9.47. The Hall–Kier alpha value is -0.860. The molecular weight excluding hydrogens is 768 g/mol. The minimum Gasteiger partial charge on any atom is -0.394 e. The molecule has 0 amide bonds. The predicted octanol–water partition coefficient (Wildman–Crippen LogP) is 1.38. The van der Waals surface area contributed by atoms with Gasteiger partial charge in [0.15, 0.2) is 18.4 Å². The Balaban J connectivity index is 0.882. The van der Waals surface area contributed by atoms with Crippen molar-refractivity contribution < 1.29 is 74.0 Å². The van der Waals surface area contributed by atoms with Crippen LogP contribution in [0.1, 0.15) is 91.9 Å². The van der Waals surface area contributed by atoms with Crippen LogP contribution in [0.2, 0.25) is 0 Å². The Bertz CT molecular complexity index is 1410. The third-order valence-electron chi connectivity index (χ3n) is 16.9. The van der Waals surface area contributed by atoms with E-state index in [0.717, 1.165) is 45.1 Å². The summed E-state index contributed by atoms with van der Waals surface area (Å²) in [5.74, 6) is 2.66. The minimum atomic E-state index is -1.60. The second kappa shape index (κ2) is 17.6. The zero-order valence-corrected chi connectivity index (χ0v) is 35.3. The summed E-state index contributed by atoms with van der Waals surface area (Å²) in [6.45, 7) is 9.61. The molecule has 15 heteroatoms. The van der Waals surface area contributed by atoms with E-state index >= 15 is 0 Å². The van der Waals surface area contributed by atoms with Crippen LogP contribution in [0, 0.1) is 52.3 Å². The predicted molar refractivity (Wildman–Crippen MR) is 209 cm³/mol. The van der Waals surface area contributed by atoms with Crippen LogP contribution < -0.4 is 0 Å². The summed E-state index contributed by atoms with van der Waals surface area (Å²) in [7, 11) is 0. The standard InChI is InChI=1S/C44H72O15/c1-22-7-13-44(56-19-22)23(2)33-30(59-44)16-29-27-6-5-25-15-26(8-11-42(25,3)28(27)9-12-43(29,33)4)53-14-10-24(20-54-40-38(51)36(49)34(47)31(17-45)57-40)21-55-41-39(52)37(50)35(48)32(18-46)58-41/h5,22-24,26-41,45-52H,6-21H2,1-4H3/t22-,23+,26+,27-,28+,29+,30+,31-,32-,33+,34-,35-,36+,37+,38-,39-,40-,41-,42+,43+,44-/m1/s1. The number of hydrogen-bond donors (Lipinski definition) is 8. The molecule has 59 heavy (non-hydrogen) atoms. The first-order valence-corrected chi connectivity index (χ1v) is 22.6. The van der Waals surface area contributed by atoms with E-state index in [2.05, 4.69) is 33.8 Å². The molecule has 8 N–H and O–H groups in total. The molecule has 4 saturated heterocycles. The number of fused-ring (bicyclic) bond motifs is 7. The molecule has 4 aliphatic heterocycles. The first-order chi connectivity index (χ1) is 28.1. The van der Waals surface area contributed by atoms with Crippen LogP contribution >= 0.6 is 0 Å². The van der Waals surface area contributed by atoms with Gasteiger partial charge in [0.1, 0.15) is 48.8 Å². The highest BCUT2D eigenvalue weighted by Crippen LogP contribution is 2.70. The van der Waals surface area contributed by atoms with E-state index in [4.69, 9.17) is 33.2 Å². The molecule has 0 aromatic carbocycles. The first kappa shape index (κ1) is 44.7. The lowest BCUT2D eigenvalue weighted by Gasteiger charge is -2.58. The number of rotatable bonds is 12. The highest BCUT2D eigenvalue weighted by atomic mass is 16.7. The Morgan fingerprint density at radius 2 is 1.41 bits per heavy atom. The molecule has 21 atom stereocenters. The lowest BCUT2D eigenvalue weighted by Crippen LogP contribution is -2.59. The molecule has 0 unspecified atom stereocenters. The maximum absolute atomic E-state index is 10.6. The molecule has 0 bridgehead atoms. The van der Waals surface area contributed by atoms with Crippen molar-refractivity contribution >= 4 is 0 Å². The van der Waals surface area contributed by atoms with Crippen LogP contribution in [-0.4, -0.2) is 160 Å². The van der Waals surface area contributed by atoms with Crippen LogP contribution in [0.3, 0.4) is 0 Å².